The third kappa shape index (κ3) is 4.55. The van der Waals surface area contributed by atoms with Crippen LogP contribution < -0.4 is 4.72 Å². The van der Waals surface area contributed by atoms with Crippen LogP contribution in [0.15, 0.2) is 16.3 Å². The summed E-state index contributed by atoms with van der Waals surface area (Å²) in [6, 6.07) is 1.91. The quantitative estimate of drug-likeness (QED) is 0.629. The highest BCUT2D eigenvalue weighted by atomic mass is 32.2. The number of carboxylic acid groups (broad SMARTS) is 1. The fourth-order valence-electron chi connectivity index (χ4n) is 1.39. The first-order valence-corrected chi connectivity index (χ1v) is 7.66. The number of ether oxygens (including phenoxy) is 1. The average molecular weight is 309 g/mol. The molecule has 1 rings (SSSR count). The minimum absolute atomic E-state index is 0.0502. The summed E-state index contributed by atoms with van der Waals surface area (Å²) in [5, 5.41) is 17.6. The molecule has 1 atom stereocenters. The van der Waals surface area contributed by atoms with Crippen LogP contribution in [0.1, 0.15) is 16.1 Å². The molecule has 0 fully saturated rings. The fraction of sp³-hybridized carbons (Fsp3) is 0.500. The monoisotopic (exact) mass is 309 g/mol. The van der Waals surface area contributed by atoms with E-state index in [1.807, 2.05) is 0 Å². The number of hydrogen-bond donors (Lipinski definition) is 3. The Morgan fingerprint density at radius 1 is 1.53 bits per heavy atom. The molecule has 3 N–H and O–H groups in total. The van der Waals surface area contributed by atoms with Crippen molar-refractivity contribution in [3.05, 3.63) is 17.0 Å². The minimum Gasteiger partial charge on any atom is -0.477 e. The Morgan fingerprint density at radius 3 is 2.68 bits per heavy atom. The van der Waals surface area contributed by atoms with Crippen LogP contribution in [-0.4, -0.2) is 51.0 Å². The molecule has 0 spiro atoms. The third-order valence-electron chi connectivity index (χ3n) is 2.22. The molecule has 0 amide bonds. The predicted octanol–water partition coefficient (Wildman–Crippen LogP) is 0.122. The van der Waals surface area contributed by atoms with Crippen LogP contribution in [0.2, 0.25) is 0 Å². The Labute approximate surface area is 114 Å². The van der Waals surface area contributed by atoms with Gasteiger partial charge in [-0.05, 0) is 18.6 Å². The molecule has 1 aromatic rings. The summed E-state index contributed by atoms with van der Waals surface area (Å²) in [7, 11) is -2.38. The highest BCUT2D eigenvalue weighted by Gasteiger charge is 2.22. The van der Waals surface area contributed by atoms with Crippen molar-refractivity contribution in [1.82, 2.24) is 4.72 Å². The molecular formula is C10H15NO6S2. The van der Waals surface area contributed by atoms with E-state index >= 15 is 0 Å². The predicted molar refractivity (Wildman–Crippen MR) is 69.0 cm³/mol. The summed E-state index contributed by atoms with van der Waals surface area (Å²) < 4.78 is 31.1. The fourth-order valence-corrected chi connectivity index (χ4v) is 3.81. The van der Waals surface area contributed by atoms with Gasteiger partial charge in [0.1, 0.15) is 9.09 Å². The number of sulfonamides is 1. The van der Waals surface area contributed by atoms with E-state index in [2.05, 4.69) is 4.72 Å². The molecule has 9 heteroatoms. The lowest BCUT2D eigenvalue weighted by Crippen LogP contribution is -2.38. The van der Waals surface area contributed by atoms with Crippen LogP contribution in [-0.2, 0) is 14.8 Å². The Kier molecular flexibility index (Phi) is 5.88. The molecule has 0 saturated carbocycles. The smallest absolute Gasteiger partial charge is 0.345 e. The summed E-state index contributed by atoms with van der Waals surface area (Å²) >= 11 is 0.673. The van der Waals surface area contributed by atoms with E-state index in [9.17, 15) is 13.2 Å². The number of carboxylic acids is 1. The highest BCUT2D eigenvalue weighted by molar-refractivity contribution is 7.91. The zero-order valence-corrected chi connectivity index (χ0v) is 11.8. The van der Waals surface area contributed by atoms with Crippen molar-refractivity contribution in [1.29, 1.82) is 0 Å². The van der Waals surface area contributed by atoms with Crippen LogP contribution in [0, 0.1) is 0 Å². The summed E-state index contributed by atoms with van der Waals surface area (Å²) in [4.78, 5) is 10.7. The van der Waals surface area contributed by atoms with Gasteiger partial charge in [0.05, 0.1) is 6.61 Å². The summed E-state index contributed by atoms with van der Waals surface area (Å²) in [5.74, 6) is -1.17. The molecule has 0 saturated heterocycles. The van der Waals surface area contributed by atoms with Gasteiger partial charge in [-0.2, -0.15) is 0 Å². The van der Waals surface area contributed by atoms with E-state index in [0.717, 1.165) is 0 Å². The average Bonchev–Trinajstić information content (AvgIpc) is 2.79. The molecule has 108 valence electrons. The van der Waals surface area contributed by atoms with Crippen LogP contribution in [0.4, 0.5) is 0 Å². The molecule has 0 aliphatic heterocycles. The SMILES string of the molecule is COCC(CCO)NS(=O)(=O)c1ccc(C(=O)O)s1. The van der Waals surface area contributed by atoms with Crippen molar-refractivity contribution in [2.75, 3.05) is 20.3 Å². The van der Waals surface area contributed by atoms with Gasteiger partial charge in [0.25, 0.3) is 0 Å². The van der Waals surface area contributed by atoms with Gasteiger partial charge >= 0.3 is 5.97 Å². The number of carbonyl (C=O) groups is 1. The largest absolute Gasteiger partial charge is 0.477 e. The molecule has 1 heterocycles. The number of aliphatic hydroxyl groups excluding tert-OH is 1. The van der Waals surface area contributed by atoms with E-state index in [1.54, 1.807) is 0 Å². The van der Waals surface area contributed by atoms with Crippen molar-refractivity contribution >= 4 is 27.3 Å². The first kappa shape index (κ1) is 16.1. The maximum absolute atomic E-state index is 12.0. The minimum atomic E-state index is -3.80. The summed E-state index contributed by atoms with van der Waals surface area (Å²) in [6.45, 7) is -0.0572. The van der Waals surface area contributed by atoms with Crippen molar-refractivity contribution < 1.29 is 28.2 Å². The maximum Gasteiger partial charge on any atom is 0.345 e. The zero-order chi connectivity index (χ0) is 14.5. The highest BCUT2D eigenvalue weighted by Crippen LogP contribution is 2.21. The van der Waals surface area contributed by atoms with Gasteiger partial charge in [-0.1, -0.05) is 0 Å². The Hall–Kier alpha value is -1.00. The van der Waals surface area contributed by atoms with E-state index in [-0.39, 0.29) is 28.7 Å². The van der Waals surface area contributed by atoms with Crippen LogP contribution >= 0.6 is 11.3 Å². The molecule has 0 bridgehead atoms. The second kappa shape index (κ2) is 6.96. The normalized spacial score (nSPS) is 13.4. The van der Waals surface area contributed by atoms with E-state index in [4.69, 9.17) is 14.9 Å². The van der Waals surface area contributed by atoms with Gasteiger partial charge in [-0.15, -0.1) is 11.3 Å². The van der Waals surface area contributed by atoms with Gasteiger partial charge in [-0.25, -0.2) is 17.9 Å². The summed E-state index contributed by atoms with van der Waals surface area (Å²) in [6.07, 6.45) is 0.213. The molecule has 19 heavy (non-hydrogen) atoms. The van der Waals surface area contributed by atoms with Crippen LogP contribution in [0.5, 0.6) is 0 Å². The van der Waals surface area contributed by atoms with E-state index in [1.165, 1.54) is 19.2 Å². The van der Waals surface area contributed by atoms with Gasteiger partial charge in [-0.3, -0.25) is 0 Å². The first-order valence-electron chi connectivity index (χ1n) is 5.36. The molecule has 1 unspecified atom stereocenters. The van der Waals surface area contributed by atoms with Crippen molar-refractivity contribution in [3.63, 3.8) is 0 Å². The van der Waals surface area contributed by atoms with Crippen molar-refractivity contribution in [3.8, 4) is 0 Å². The van der Waals surface area contributed by atoms with Crippen molar-refractivity contribution in [2.24, 2.45) is 0 Å². The lowest BCUT2D eigenvalue weighted by atomic mass is 10.2. The van der Waals surface area contributed by atoms with Crippen LogP contribution in [0.25, 0.3) is 0 Å². The van der Waals surface area contributed by atoms with Gasteiger partial charge in [0, 0.05) is 19.8 Å². The topological polar surface area (TPSA) is 113 Å². The van der Waals surface area contributed by atoms with E-state index < -0.39 is 22.0 Å². The number of rotatable bonds is 8. The Balaban J connectivity index is 2.86. The number of aliphatic hydroxyl groups is 1. The number of nitrogens with one attached hydrogen (secondary N) is 1. The second-order valence-electron chi connectivity index (χ2n) is 3.71. The number of methoxy groups -OCH3 is 1. The van der Waals surface area contributed by atoms with Gasteiger partial charge in [0.15, 0.2) is 0 Å². The first-order chi connectivity index (χ1) is 8.90. The third-order valence-corrected chi connectivity index (χ3v) is 5.31. The van der Waals surface area contributed by atoms with Crippen molar-refractivity contribution in [2.45, 2.75) is 16.7 Å². The van der Waals surface area contributed by atoms with Gasteiger partial charge in [0.2, 0.25) is 10.0 Å². The van der Waals surface area contributed by atoms with E-state index in [0.29, 0.717) is 11.3 Å². The Bertz CT molecular complexity index is 518. The van der Waals surface area contributed by atoms with Crippen LogP contribution in [0.3, 0.4) is 0 Å². The zero-order valence-electron chi connectivity index (χ0n) is 10.2. The molecule has 1 aromatic heterocycles. The molecule has 7 nitrogen and oxygen atoms in total. The molecular weight excluding hydrogens is 294 g/mol. The molecule has 0 aliphatic rings. The lowest BCUT2D eigenvalue weighted by Gasteiger charge is -2.16. The number of thiophene rings is 1. The molecule has 0 aromatic carbocycles. The molecule has 0 radical (unpaired) electrons. The lowest BCUT2D eigenvalue weighted by molar-refractivity contribution is 0.0702. The Morgan fingerprint density at radius 2 is 2.21 bits per heavy atom. The van der Waals surface area contributed by atoms with Gasteiger partial charge < -0.3 is 14.9 Å². The second-order valence-corrected chi connectivity index (χ2v) is 6.73. The summed E-state index contributed by atoms with van der Waals surface area (Å²) in [5.41, 5.74) is 0. The molecule has 0 aliphatic carbocycles. The number of hydrogen-bond acceptors (Lipinski definition) is 6. The number of aromatic carboxylic acids is 1. The maximum atomic E-state index is 12.0. The standard InChI is InChI=1S/C10H15NO6S2/c1-17-6-7(4-5-12)11-19(15,16)9-3-2-8(18-9)10(13)14/h2-3,7,11-12H,4-6H2,1H3,(H,13,14).